The summed E-state index contributed by atoms with van der Waals surface area (Å²) < 4.78 is 0. The van der Waals surface area contributed by atoms with Crippen LogP contribution in [0.4, 0.5) is 5.69 Å². The minimum atomic E-state index is -0.285. The van der Waals surface area contributed by atoms with Crippen LogP contribution >= 0.6 is 0 Å². The normalized spacial score (nSPS) is 24.1. The molecule has 0 bridgehead atoms. The molecule has 0 saturated carbocycles. The maximum absolute atomic E-state index is 12.3. The van der Waals surface area contributed by atoms with Crippen molar-refractivity contribution in [3.63, 3.8) is 0 Å². The summed E-state index contributed by atoms with van der Waals surface area (Å²) in [5.41, 5.74) is 1.00. The number of anilines is 1. The highest BCUT2D eigenvalue weighted by Crippen LogP contribution is 2.20. The zero-order valence-electron chi connectivity index (χ0n) is 12.4. The molecule has 1 aliphatic heterocycles. The Morgan fingerprint density at radius 1 is 1.52 bits per heavy atom. The van der Waals surface area contributed by atoms with E-state index in [1.54, 1.807) is 24.3 Å². The van der Waals surface area contributed by atoms with Gasteiger partial charge in [0.2, 0.25) is 5.91 Å². The molecule has 5 nitrogen and oxygen atoms in total. The summed E-state index contributed by atoms with van der Waals surface area (Å²) in [7, 11) is 0. The van der Waals surface area contributed by atoms with Crippen molar-refractivity contribution in [2.45, 2.75) is 32.4 Å². The first-order chi connectivity index (χ1) is 10.0. The first kappa shape index (κ1) is 15.5. The predicted molar refractivity (Wildman–Crippen MR) is 80.6 cm³/mol. The number of benzene rings is 1. The maximum Gasteiger partial charge on any atom is 0.241 e. The molecule has 21 heavy (non-hydrogen) atoms. The molecule has 1 aliphatic rings. The Labute approximate surface area is 125 Å². The number of nitrogens with one attached hydrogen (secondary N) is 1. The van der Waals surface area contributed by atoms with Crippen molar-refractivity contribution in [3.8, 4) is 6.07 Å². The van der Waals surface area contributed by atoms with Gasteiger partial charge >= 0.3 is 0 Å². The third kappa shape index (κ3) is 3.60. The van der Waals surface area contributed by atoms with Crippen LogP contribution in [0.15, 0.2) is 24.3 Å². The van der Waals surface area contributed by atoms with Crippen LogP contribution in [0, 0.1) is 17.2 Å². The van der Waals surface area contributed by atoms with E-state index in [0.717, 1.165) is 0 Å². The smallest absolute Gasteiger partial charge is 0.241 e. The molecule has 1 aromatic rings. The molecule has 5 heteroatoms. The second kappa shape index (κ2) is 6.70. The average molecular weight is 287 g/mol. The fourth-order valence-corrected chi connectivity index (χ4v) is 2.61. The van der Waals surface area contributed by atoms with Crippen molar-refractivity contribution in [2.75, 3.05) is 18.4 Å². The van der Waals surface area contributed by atoms with Crippen LogP contribution in [-0.4, -0.2) is 41.1 Å². The zero-order valence-corrected chi connectivity index (χ0v) is 12.4. The molecular weight excluding hydrogens is 266 g/mol. The van der Waals surface area contributed by atoms with Crippen LogP contribution in [0.25, 0.3) is 0 Å². The number of para-hydroxylation sites is 1. The van der Waals surface area contributed by atoms with Crippen molar-refractivity contribution >= 4 is 11.6 Å². The molecule has 2 N–H and O–H groups in total. The third-order valence-corrected chi connectivity index (χ3v) is 4.12. The van der Waals surface area contributed by atoms with Gasteiger partial charge in [-0.15, -0.1) is 0 Å². The van der Waals surface area contributed by atoms with Gasteiger partial charge in [0, 0.05) is 13.1 Å². The molecule has 0 aliphatic carbocycles. The van der Waals surface area contributed by atoms with Gasteiger partial charge in [-0.25, -0.2) is 0 Å². The molecule has 1 amide bonds. The summed E-state index contributed by atoms with van der Waals surface area (Å²) in [5, 5.41) is 21.6. The lowest BCUT2D eigenvalue weighted by Crippen LogP contribution is -2.50. The third-order valence-electron chi connectivity index (χ3n) is 4.12. The van der Waals surface area contributed by atoms with Crippen LogP contribution in [0.2, 0.25) is 0 Å². The Morgan fingerprint density at radius 3 is 2.90 bits per heavy atom. The van der Waals surface area contributed by atoms with Crippen molar-refractivity contribution in [1.29, 1.82) is 5.26 Å². The Kier molecular flexibility index (Phi) is 4.94. The minimum Gasteiger partial charge on any atom is -0.393 e. The number of nitriles is 1. The van der Waals surface area contributed by atoms with E-state index >= 15 is 0 Å². The number of amides is 1. The van der Waals surface area contributed by atoms with Gasteiger partial charge in [0.15, 0.2) is 0 Å². The number of piperidine rings is 1. The SMILES string of the molecule is CC1CN(C(C)C(=O)Nc2ccccc2C#N)CCC1O. The Hall–Kier alpha value is -1.90. The van der Waals surface area contributed by atoms with Crippen molar-refractivity contribution in [3.05, 3.63) is 29.8 Å². The van der Waals surface area contributed by atoms with Gasteiger partial charge in [-0.05, 0) is 31.4 Å². The molecule has 112 valence electrons. The van der Waals surface area contributed by atoms with Gasteiger partial charge in [-0.1, -0.05) is 19.1 Å². The Morgan fingerprint density at radius 2 is 2.24 bits per heavy atom. The first-order valence-electron chi connectivity index (χ1n) is 7.25. The Bertz CT molecular complexity index is 553. The molecule has 1 saturated heterocycles. The summed E-state index contributed by atoms with van der Waals surface area (Å²) in [6.07, 6.45) is 0.406. The van der Waals surface area contributed by atoms with E-state index in [1.807, 2.05) is 13.8 Å². The van der Waals surface area contributed by atoms with Crippen LogP contribution in [0.1, 0.15) is 25.8 Å². The molecule has 1 fully saturated rings. The standard InChI is InChI=1S/C16H21N3O2/c1-11-10-19(8-7-15(11)20)12(2)16(21)18-14-6-4-3-5-13(14)9-17/h3-6,11-12,15,20H,7-8,10H2,1-2H3,(H,18,21). The van der Waals surface area contributed by atoms with E-state index < -0.39 is 0 Å². The second-order valence-electron chi connectivity index (χ2n) is 5.65. The summed E-state index contributed by atoms with van der Waals surface area (Å²) in [6.45, 7) is 5.26. The summed E-state index contributed by atoms with van der Waals surface area (Å²) in [4.78, 5) is 14.4. The molecular formula is C16H21N3O2. The van der Waals surface area contributed by atoms with Crippen molar-refractivity contribution in [2.24, 2.45) is 5.92 Å². The highest BCUT2D eigenvalue weighted by molar-refractivity contribution is 5.95. The molecule has 1 aromatic carbocycles. The number of hydrogen-bond donors (Lipinski definition) is 2. The van der Waals surface area contributed by atoms with Crippen LogP contribution in [0.3, 0.4) is 0 Å². The summed E-state index contributed by atoms with van der Waals surface area (Å²) in [6, 6.07) is 8.75. The van der Waals surface area contributed by atoms with Crippen LogP contribution in [-0.2, 0) is 4.79 Å². The van der Waals surface area contributed by atoms with Crippen LogP contribution < -0.4 is 5.32 Å². The second-order valence-corrected chi connectivity index (χ2v) is 5.65. The van der Waals surface area contributed by atoms with Gasteiger partial charge in [-0.2, -0.15) is 5.26 Å². The molecule has 0 aromatic heterocycles. The molecule has 3 atom stereocenters. The van der Waals surface area contributed by atoms with E-state index in [1.165, 1.54) is 0 Å². The maximum atomic E-state index is 12.3. The lowest BCUT2D eigenvalue weighted by molar-refractivity contribution is -0.122. The highest BCUT2D eigenvalue weighted by Gasteiger charge is 2.30. The lowest BCUT2D eigenvalue weighted by atomic mass is 9.95. The molecule has 1 heterocycles. The predicted octanol–water partition coefficient (Wildman–Crippen LogP) is 1.59. The topological polar surface area (TPSA) is 76.4 Å². The summed E-state index contributed by atoms with van der Waals surface area (Å²) in [5.74, 6) is 0.0432. The van der Waals surface area contributed by atoms with E-state index in [-0.39, 0.29) is 24.0 Å². The number of likely N-dealkylation sites (tertiary alicyclic amines) is 1. The van der Waals surface area contributed by atoms with E-state index in [2.05, 4.69) is 16.3 Å². The minimum absolute atomic E-state index is 0.124. The fraction of sp³-hybridized carbons (Fsp3) is 0.500. The molecule has 0 radical (unpaired) electrons. The Balaban J connectivity index is 2.02. The first-order valence-corrected chi connectivity index (χ1v) is 7.25. The summed E-state index contributed by atoms with van der Waals surface area (Å²) >= 11 is 0. The number of nitrogens with zero attached hydrogens (tertiary/aromatic N) is 2. The average Bonchev–Trinajstić information content (AvgIpc) is 2.49. The van der Waals surface area contributed by atoms with Gasteiger partial charge < -0.3 is 10.4 Å². The van der Waals surface area contributed by atoms with Gasteiger partial charge in [0.05, 0.1) is 23.4 Å². The molecule has 2 rings (SSSR count). The quantitative estimate of drug-likeness (QED) is 0.885. The zero-order chi connectivity index (χ0) is 15.4. The van der Waals surface area contributed by atoms with Gasteiger partial charge in [-0.3, -0.25) is 9.69 Å². The van der Waals surface area contributed by atoms with E-state index in [0.29, 0.717) is 30.8 Å². The van der Waals surface area contributed by atoms with Gasteiger partial charge in [0.1, 0.15) is 6.07 Å². The number of rotatable bonds is 3. The van der Waals surface area contributed by atoms with E-state index in [4.69, 9.17) is 5.26 Å². The number of aliphatic hydroxyl groups is 1. The van der Waals surface area contributed by atoms with Crippen molar-refractivity contribution in [1.82, 2.24) is 4.90 Å². The highest BCUT2D eigenvalue weighted by atomic mass is 16.3. The molecule has 3 unspecified atom stereocenters. The fourth-order valence-electron chi connectivity index (χ4n) is 2.61. The molecule has 0 spiro atoms. The monoisotopic (exact) mass is 287 g/mol. The van der Waals surface area contributed by atoms with Crippen molar-refractivity contribution < 1.29 is 9.90 Å². The van der Waals surface area contributed by atoms with E-state index in [9.17, 15) is 9.90 Å². The number of carbonyl (C=O) groups is 1. The number of aliphatic hydroxyl groups excluding tert-OH is 1. The number of carbonyl (C=O) groups excluding carboxylic acids is 1. The van der Waals surface area contributed by atoms with Gasteiger partial charge in [0.25, 0.3) is 0 Å². The number of hydrogen-bond acceptors (Lipinski definition) is 4. The van der Waals surface area contributed by atoms with Crippen LogP contribution in [0.5, 0.6) is 0 Å². The lowest BCUT2D eigenvalue weighted by Gasteiger charge is -2.37. The largest absolute Gasteiger partial charge is 0.393 e.